The van der Waals surface area contributed by atoms with Crippen LogP contribution in [0.2, 0.25) is 5.02 Å². The fourth-order valence-electron chi connectivity index (χ4n) is 1.78. The number of halogens is 2. The van der Waals surface area contributed by atoms with Gasteiger partial charge in [-0.25, -0.2) is 4.39 Å². The molecule has 1 N–H and O–H groups in total. The third-order valence-electron chi connectivity index (χ3n) is 2.69. The Labute approximate surface area is 120 Å². The molecule has 0 aliphatic rings. The maximum Gasteiger partial charge on any atom is 0.124 e. The highest BCUT2D eigenvalue weighted by atomic mass is 35.5. The monoisotopic (exact) mass is 287 g/mol. The van der Waals surface area contributed by atoms with E-state index in [2.05, 4.69) is 12.2 Å². The van der Waals surface area contributed by atoms with E-state index in [0.717, 1.165) is 18.5 Å². The van der Waals surface area contributed by atoms with Crippen molar-refractivity contribution in [1.29, 1.82) is 0 Å². The predicted octanol–water partition coefficient (Wildman–Crippen LogP) is 3.81. The van der Waals surface area contributed by atoms with Gasteiger partial charge in [0.05, 0.1) is 12.2 Å². The van der Waals surface area contributed by atoms with Crippen molar-refractivity contribution >= 4 is 11.6 Å². The Bertz CT molecular complexity index is 404. The first kappa shape index (κ1) is 16.4. The van der Waals surface area contributed by atoms with Gasteiger partial charge >= 0.3 is 0 Å². The third kappa shape index (κ3) is 6.37. The number of rotatable bonds is 6. The van der Waals surface area contributed by atoms with Crippen LogP contribution in [0.1, 0.15) is 33.3 Å². The molecule has 2 nitrogen and oxygen atoms in total. The van der Waals surface area contributed by atoms with Crippen molar-refractivity contribution in [1.82, 2.24) is 5.32 Å². The number of benzene rings is 1. The Morgan fingerprint density at radius 3 is 2.58 bits per heavy atom. The van der Waals surface area contributed by atoms with Gasteiger partial charge in [0, 0.05) is 11.1 Å². The average molecular weight is 288 g/mol. The van der Waals surface area contributed by atoms with Crippen molar-refractivity contribution in [3.63, 3.8) is 0 Å². The molecular weight excluding hydrogens is 265 g/mol. The number of hydrogen-bond donors (Lipinski definition) is 1. The Morgan fingerprint density at radius 2 is 2.05 bits per heavy atom. The van der Waals surface area contributed by atoms with Gasteiger partial charge in [0.1, 0.15) is 5.82 Å². The van der Waals surface area contributed by atoms with Crippen LogP contribution in [0.15, 0.2) is 18.2 Å². The van der Waals surface area contributed by atoms with Gasteiger partial charge in [0.15, 0.2) is 0 Å². The molecule has 0 aliphatic carbocycles. The average Bonchev–Trinajstić information content (AvgIpc) is 2.28. The van der Waals surface area contributed by atoms with Gasteiger partial charge in [-0.15, -0.1) is 0 Å². The minimum atomic E-state index is -0.306. The van der Waals surface area contributed by atoms with Crippen molar-refractivity contribution < 1.29 is 9.13 Å². The Morgan fingerprint density at radius 1 is 1.37 bits per heavy atom. The zero-order chi connectivity index (χ0) is 14.5. The standard InChI is InChI=1S/C15H23ClFNO/c1-5-18-13(10-19-15(2,3)4)8-11-6-7-12(17)9-14(11)16/h6-7,9,13,18H,5,8,10H2,1-4H3. The molecule has 0 heterocycles. The molecule has 19 heavy (non-hydrogen) atoms. The van der Waals surface area contributed by atoms with Crippen LogP contribution in [0.3, 0.4) is 0 Å². The van der Waals surface area contributed by atoms with E-state index in [1.807, 2.05) is 20.8 Å². The molecule has 1 unspecified atom stereocenters. The molecule has 0 aromatic heterocycles. The largest absolute Gasteiger partial charge is 0.374 e. The molecule has 1 rings (SSSR count). The molecule has 1 atom stereocenters. The highest BCUT2D eigenvalue weighted by Crippen LogP contribution is 2.19. The van der Waals surface area contributed by atoms with Crippen LogP contribution in [0.5, 0.6) is 0 Å². The molecule has 108 valence electrons. The molecule has 0 bridgehead atoms. The highest BCUT2D eigenvalue weighted by Gasteiger charge is 2.16. The van der Waals surface area contributed by atoms with Crippen molar-refractivity contribution in [2.24, 2.45) is 0 Å². The summed E-state index contributed by atoms with van der Waals surface area (Å²) in [5.41, 5.74) is 0.770. The zero-order valence-corrected chi connectivity index (χ0v) is 12.9. The maximum atomic E-state index is 13.0. The fraction of sp³-hybridized carbons (Fsp3) is 0.600. The first-order valence-electron chi connectivity index (χ1n) is 6.63. The minimum absolute atomic E-state index is 0.166. The number of ether oxygens (including phenoxy) is 1. The molecule has 0 saturated heterocycles. The molecular formula is C15H23ClFNO. The van der Waals surface area contributed by atoms with Gasteiger partial charge in [0.2, 0.25) is 0 Å². The number of likely N-dealkylation sites (N-methyl/N-ethyl adjacent to an activating group) is 1. The Hall–Kier alpha value is -0.640. The second-order valence-corrected chi connectivity index (χ2v) is 6.03. The molecule has 0 amide bonds. The lowest BCUT2D eigenvalue weighted by molar-refractivity contribution is -0.0141. The van der Waals surface area contributed by atoms with Gasteiger partial charge in [-0.1, -0.05) is 24.6 Å². The number of hydrogen-bond acceptors (Lipinski definition) is 2. The lowest BCUT2D eigenvalue weighted by Gasteiger charge is -2.25. The fourth-order valence-corrected chi connectivity index (χ4v) is 2.03. The predicted molar refractivity (Wildman–Crippen MR) is 78.3 cm³/mol. The minimum Gasteiger partial charge on any atom is -0.374 e. The summed E-state index contributed by atoms with van der Waals surface area (Å²) in [5.74, 6) is -0.306. The number of nitrogens with one attached hydrogen (secondary N) is 1. The van der Waals surface area contributed by atoms with Crippen LogP contribution in [0.4, 0.5) is 4.39 Å². The lowest BCUT2D eigenvalue weighted by Crippen LogP contribution is -2.38. The molecule has 0 radical (unpaired) electrons. The van der Waals surface area contributed by atoms with E-state index in [1.54, 1.807) is 6.07 Å². The summed E-state index contributed by atoms with van der Waals surface area (Å²) in [7, 11) is 0. The van der Waals surface area contributed by atoms with E-state index < -0.39 is 0 Å². The molecule has 1 aromatic carbocycles. The second kappa shape index (κ2) is 7.22. The normalized spacial score (nSPS) is 13.6. The smallest absolute Gasteiger partial charge is 0.124 e. The van der Waals surface area contributed by atoms with Crippen LogP contribution >= 0.6 is 11.6 Å². The highest BCUT2D eigenvalue weighted by molar-refractivity contribution is 6.31. The SMILES string of the molecule is CCNC(COC(C)(C)C)Cc1ccc(F)cc1Cl. The van der Waals surface area contributed by atoms with E-state index >= 15 is 0 Å². The summed E-state index contributed by atoms with van der Waals surface area (Å²) >= 11 is 6.06. The first-order chi connectivity index (χ1) is 8.81. The lowest BCUT2D eigenvalue weighted by atomic mass is 10.1. The van der Waals surface area contributed by atoms with Crippen LogP contribution < -0.4 is 5.32 Å². The molecule has 1 aromatic rings. The van der Waals surface area contributed by atoms with Crippen molar-refractivity contribution in [3.05, 3.63) is 34.6 Å². The molecule has 4 heteroatoms. The second-order valence-electron chi connectivity index (χ2n) is 5.62. The van der Waals surface area contributed by atoms with E-state index in [-0.39, 0.29) is 17.5 Å². The van der Waals surface area contributed by atoms with Crippen molar-refractivity contribution in [2.45, 2.75) is 45.8 Å². The summed E-state index contributed by atoms with van der Waals surface area (Å²) in [6, 6.07) is 4.70. The van der Waals surface area contributed by atoms with E-state index in [1.165, 1.54) is 12.1 Å². The molecule has 0 fully saturated rings. The van der Waals surface area contributed by atoms with Crippen LogP contribution in [-0.4, -0.2) is 24.8 Å². The topological polar surface area (TPSA) is 21.3 Å². The Balaban J connectivity index is 2.67. The van der Waals surface area contributed by atoms with Crippen molar-refractivity contribution in [2.75, 3.05) is 13.2 Å². The quantitative estimate of drug-likeness (QED) is 0.859. The molecule has 0 aliphatic heterocycles. The van der Waals surface area contributed by atoms with E-state index in [0.29, 0.717) is 11.6 Å². The summed E-state index contributed by atoms with van der Waals surface area (Å²) < 4.78 is 18.8. The van der Waals surface area contributed by atoms with Crippen LogP contribution in [0, 0.1) is 5.82 Å². The summed E-state index contributed by atoms with van der Waals surface area (Å²) in [4.78, 5) is 0. The van der Waals surface area contributed by atoms with E-state index in [9.17, 15) is 4.39 Å². The molecule has 0 spiro atoms. The van der Waals surface area contributed by atoms with Gasteiger partial charge < -0.3 is 10.1 Å². The third-order valence-corrected chi connectivity index (χ3v) is 3.04. The maximum absolute atomic E-state index is 13.0. The van der Waals surface area contributed by atoms with Gasteiger partial charge in [-0.3, -0.25) is 0 Å². The van der Waals surface area contributed by atoms with E-state index in [4.69, 9.17) is 16.3 Å². The first-order valence-corrected chi connectivity index (χ1v) is 7.01. The van der Waals surface area contributed by atoms with Crippen LogP contribution in [-0.2, 0) is 11.2 Å². The van der Waals surface area contributed by atoms with Gasteiger partial charge in [-0.05, 0) is 51.4 Å². The van der Waals surface area contributed by atoms with Gasteiger partial charge in [0.25, 0.3) is 0 Å². The molecule has 0 saturated carbocycles. The zero-order valence-electron chi connectivity index (χ0n) is 12.1. The Kier molecular flexibility index (Phi) is 6.24. The summed E-state index contributed by atoms with van der Waals surface area (Å²) in [6.45, 7) is 9.60. The summed E-state index contributed by atoms with van der Waals surface area (Å²) in [6.07, 6.45) is 0.725. The van der Waals surface area contributed by atoms with Crippen LogP contribution in [0.25, 0.3) is 0 Å². The van der Waals surface area contributed by atoms with Gasteiger partial charge in [-0.2, -0.15) is 0 Å². The van der Waals surface area contributed by atoms with Crippen molar-refractivity contribution in [3.8, 4) is 0 Å². The summed E-state index contributed by atoms with van der Waals surface area (Å²) in [5, 5.41) is 3.84.